The molecule has 0 aromatic heterocycles. The third kappa shape index (κ3) is 5.87. The minimum Gasteiger partial charge on any atom is -0.461 e. The molecule has 0 saturated carbocycles. The van der Waals surface area contributed by atoms with Crippen molar-refractivity contribution in [2.24, 2.45) is 0 Å². The van der Waals surface area contributed by atoms with E-state index >= 15 is 0 Å². The van der Waals surface area contributed by atoms with Gasteiger partial charge in [0.05, 0.1) is 22.9 Å². The molecular weight excluding hydrogens is 364 g/mol. The Hall–Kier alpha value is -2.40. The zero-order valence-corrected chi connectivity index (χ0v) is 14.7. The first kappa shape index (κ1) is 18.9. The molecule has 0 aliphatic heterocycles. The van der Waals surface area contributed by atoms with Gasteiger partial charge in [0.25, 0.3) is 0 Å². The fourth-order valence-electron chi connectivity index (χ4n) is 1.95. The summed E-state index contributed by atoms with van der Waals surface area (Å²) in [6.45, 7) is -0.0552. The number of hydrogen-bond acceptors (Lipinski definition) is 5. The van der Waals surface area contributed by atoms with Crippen molar-refractivity contribution in [3.63, 3.8) is 0 Å². The number of nitriles is 1. The molecule has 0 amide bonds. The fourth-order valence-corrected chi connectivity index (χ4v) is 3.11. The molecule has 0 aliphatic rings. The number of nitrogens with one attached hydrogen (secondary N) is 1. The highest BCUT2D eigenvalue weighted by Crippen LogP contribution is 2.13. The Morgan fingerprint density at radius 3 is 2.60 bits per heavy atom. The van der Waals surface area contributed by atoms with Crippen LogP contribution in [-0.2, 0) is 26.2 Å². The van der Waals surface area contributed by atoms with Gasteiger partial charge in [0.15, 0.2) is 0 Å². The molecule has 2 rings (SSSR count). The van der Waals surface area contributed by atoms with Gasteiger partial charge in [0.2, 0.25) is 10.0 Å². The molecule has 0 spiro atoms. The van der Waals surface area contributed by atoms with E-state index in [4.69, 9.17) is 21.6 Å². The quantitative estimate of drug-likeness (QED) is 0.747. The van der Waals surface area contributed by atoms with Crippen molar-refractivity contribution < 1.29 is 17.9 Å². The summed E-state index contributed by atoms with van der Waals surface area (Å²) in [6, 6.07) is 14.4. The molecule has 6 nitrogen and oxygen atoms in total. The van der Waals surface area contributed by atoms with Gasteiger partial charge >= 0.3 is 5.97 Å². The molecule has 0 unspecified atom stereocenters. The minimum atomic E-state index is -3.70. The van der Waals surface area contributed by atoms with Gasteiger partial charge in [0, 0.05) is 11.6 Å². The van der Waals surface area contributed by atoms with Gasteiger partial charge in [-0.25, -0.2) is 13.1 Å². The highest BCUT2D eigenvalue weighted by atomic mass is 35.5. The Morgan fingerprint density at radius 2 is 1.92 bits per heavy atom. The van der Waals surface area contributed by atoms with E-state index in [0.29, 0.717) is 16.1 Å². The Balaban J connectivity index is 1.80. The highest BCUT2D eigenvalue weighted by molar-refractivity contribution is 7.89. The lowest BCUT2D eigenvalue weighted by molar-refractivity contribution is -0.144. The average Bonchev–Trinajstić information content (AvgIpc) is 2.60. The van der Waals surface area contributed by atoms with Crippen LogP contribution in [0.3, 0.4) is 0 Å². The van der Waals surface area contributed by atoms with Crippen LogP contribution in [0.15, 0.2) is 53.4 Å². The van der Waals surface area contributed by atoms with E-state index in [1.807, 2.05) is 6.07 Å². The van der Waals surface area contributed by atoms with Crippen molar-refractivity contribution in [2.75, 3.05) is 6.54 Å². The van der Waals surface area contributed by atoms with Gasteiger partial charge in [-0.3, -0.25) is 4.79 Å². The molecule has 0 atom stereocenters. The van der Waals surface area contributed by atoms with Gasteiger partial charge < -0.3 is 4.74 Å². The standard InChI is InChI=1S/C17H15ClN2O4S/c18-15-4-6-16(7-5-15)25(22,23)20-9-8-17(21)24-12-14-3-1-2-13(10-14)11-19/h1-7,10,20H,8-9,12H2. The summed E-state index contributed by atoms with van der Waals surface area (Å²) in [5.74, 6) is -0.541. The minimum absolute atomic E-state index is 0.0261. The van der Waals surface area contributed by atoms with Crippen LogP contribution >= 0.6 is 11.6 Å². The van der Waals surface area contributed by atoms with Crippen LogP contribution in [0.5, 0.6) is 0 Å². The number of esters is 1. The number of rotatable bonds is 7. The van der Waals surface area contributed by atoms with E-state index in [9.17, 15) is 13.2 Å². The SMILES string of the molecule is N#Cc1cccc(COC(=O)CCNS(=O)(=O)c2ccc(Cl)cc2)c1. The first-order valence-electron chi connectivity index (χ1n) is 7.30. The number of carbonyl (C=O) groups is 1. The van der Waals surface area contributed by atoms with Crippen LogP contribution in [0.1, 0.15) is 17.5 Å². The lowest BCUT2D eigenvalue weighted by Crippen LogP contribution is -2.26. The van der Waals surface area contributed by atoms with Crippen LogP contribution < -0.4 is 4.72 Å². The Bertz CT molecular complexity index is 890. The first-order chi connectivity index (χ1) is 11.9. The molecule has 25 heavy (non-hydrogen) atoms. The number of sulfonamides is 1. The summed E-state index contributed by atoms with van der Waals surface area (Å²) in [4.78, 5) is 11.8. The summed E-state index contributed by atoms with van der Waals surface area (Å²) < 4.78 is 31.5. The van der Waals surface area contributed by atoms with Gasteiger partial charge in [-0.05, 0) is 42.0 Å². The summed E-state index contributed by atoms with van der Waals surface area (Å²) in [5.41, 5.74) is 1.17. The zero-order chi connectivity index (χ0) is 18.3. The maximum absolute atomic E-state index is 12.0. The summed E-state index contributed by atoms with van der Waals surface area (Å²) >= 11 is 5.72. The molecule has 2 aromatic rings. The van der Waals surface area contributed by atoms with Crippen molar-refractivity contribution in [3.05, 3.63) is 64.7 Å². The predicted octanol–water partition coefficient (Wildman–Crippen LogP) is 2.62. The molecule has 0 bridgehead atoms. The molecule has 2 aromatic carbocycles. The second-order valence-electron chi connectivity index (χ2n) is 5.07. The molecule has 0 heterocycles. The van der Waals surface area contributed by atoms with E-state index < -0.39 is 16.0 Å². The van der Waals surface area contributed by atoms with Crippen LogP contribution in [0.4, 0.5) is 0 Å². The van der Waals surface area contributed by atoms with Gasteiger partial charge in [-0.15, -0.1) is 0 Å². The maximum Gasteiger partial charge on any atom is 0.307 e. The summed E-state index contributed by atoms with van der Waals surface area (Å²) in [5, 5.41) is 9.24. The van der Waals surface area contributed by atoms with Crippen LogP contribution in [-0.4, -0.2) is 20.9 Å². The monoisotopic (exact) mass is 378 g/mol. The fraction of sp³-hybridized carbons (Fsp3) is 0.176. The molecule has 0 saturated heterocycles. The van der Waals surface area contributed by atoms with Crippen LogP contribution in [0.2, 0.25) is 5.02 Å². The molecule has 8 heteroatoms. The molecule has 130 valence electrons. The normalized spacial score (nSPS) is 10.9. The summed E-state index contributed by atoms with van der Waals surface area (Å²) in [7, 11) is -3.70. The van der Waals surface area contributed by atoms with Crippen molar-refractivity contribution in [3.8, 4) is 6.07 Å². The number of ether oxygens (including phenoxy) is 1. The number of halogens is 1. The smallest absolute Gasteiger partial charge is 0.307 e. The van der Waals surface area contributed by atoms with E-state index in [1.54, 1.807) is 24.3 Å². The number of carbonyl (C=O) groups excluding carboxylic acids is 1. The van der Waals surface area contributed by atoms with Gasteiger partial charge in [0.1, 0.15) is 6.61 Å². The third-order valence-corrected chi connectivity index (χ3v) is 4.93. The number of hydrogen-bond donors (Lipinski definition) is 1. The lowest BCUT2D eigenvalue weighted by atomic mass is 10.1. The Morgan fingerprint density at radius 1 is 1.20 bits per heavy atom. The zero-order valence-electron chi connectivity index (χ0n) is 13.1. The van der Waals surface area contributed by atoms with Gasteiger partial charge in [-0.1, -0.05) is 23.7 Å². The van der Waals surface area contributed by atoms with E-state index in [2.05, 4.69) is 4.72 Å². The Kier molecular flexibility index (Phi) is 6.53. The van der Waals surface area contributed by atoms with E-state index in [0.717, 1.165) is 0 Å². The number of benzene rings is 2. The van der Waals surface area contributed by atoms with Crippen molar-refractivity contribution in [1.29, 1.82) is 5.26 Å². The number of nitrogens with zero attached hydrogens (tertiary/aromatic N) is 1. The first-order valence-corrected chi connectivity index (χ1v) is 9.17. The predicted molar refractivity (Wildman–Crippen MR) is 92.2 cm³/mol. The third-order valence-electron chi connectivity index (χ3n) is 3.20. The van der Waals surface area contributed by atoms with Crippen molar-refractivity contribution >= 4 is 27.6 Å². The van der Waals surface area contributed by atoms with Crippen molar-refractivity contribution in [2.45, 2.75) is 17.9 Å². The molecule has 1 N–H and O–H groups in total. The molecular formula is C17H15ClN2O4S. The lowest BCUT2D eigenvalue weighted by Gasteiger charge is -2.08. The second-order valence-corrected chi connectivity index (χ2v) is 7.28. The Labute approximate surface area is 151 Å². The molecule has 0 fully saturated rings. The van der Waals surface area contributed by atoms with Crippen LogP contribution in [0.25, 0.3) is 0 Å². The van der Waals surface area contributed by atoms with Crippen molar-refractivity contribution in [1.82, 2.24) is 4.72 Å². The maximum atomic E-state index is 12.0. The van der Waals surface area contributed by atoms with E-state index in [-0.39, 0.29) is 24.5 Å². The summed E-state index contributed by atoms with van der Waals surface area (Å²) in [6.07, 6.45) is -0.106. The van der Waals surface area contributed by atoms with E-state index in [1.165, 1.54) is 24.3 Å². The highest BCUT2D eigenvalue weighted by Gasteiger charge is 2.14. The van der Waals surface area contributed by atoms with Gasteiger partial charge in [-0.2, -0.15) is 5.26 Å². The second kappa shape index (κ2) is 8.62. The largest absolute Gasteiger partial charge is 0.461 e. The van der Waals surface area contributed by atoms with Crippen LogP contribution in [0, 0.1) is 11.3 Å². The molecule has 0 aliphatic carbocycles. The molecule has 0 radical (unpaired) electrons. The average molecular weight is 379 g/mol. The topological polar surface area (TPSA) is 96.3 Å².